The van der Waals surface area contributed by atoms with Gasteiger partial charge in [-0.1, -0.05) is 40.9 Å². The monoisotopic (exact) mass is 304 g/mol. The Balaban J connectivity index is 2.11. The maximum atomic E-state index is 13.0. The van der Waals surface area contributed by atoms with E-state index in [1.54, 1.807) is 24.3 Å². The smallest absolute Gasteiger partial charge is 0.141 e. The van der Waals surface area contributed by atoms with Crippen molar-refractivity contribution in [3.8, 4) is 5.75 Å². The minimum atomic E-state index is -0.457. The zero-order chi connectivity index (χ0) is 13.1. The molecule has 0 aromatic heterocycles. The van der Waals surface area contributed by atoms with E-state index in [0.717, 1.165) is 5.56 Å². The molecular formula is C13H8Cl3FO. The Kier molecular flexibility index (Phi) is 4.33. The minimum Gasteiger partial charge on any atom is -0.487 e. The fourth-order valence-electron chi connectivity index (χ4n) is 1.38. The predicted molar refractivity (Wildman–Crippen MR) is 72.2 cm³/mol. The van der Waals surface area contributed by atoms with Crippen LogP contribution in [0.25, 0.3) is 0 Å². The average molecular weight is 306 g/mol. The lowest BCUT2D eigenvalue weighted by atomic mass is 10.2. The highest BCUT2D eigenvalue weighted by molar-refractivity contribution is 6.34. The second-order valence-corrected chi connectivity index (χ2v) is 4.86. The van der Waals surface area contributed by atoms with Gasteiger partial charge in [0.05, 0.1) is 10.0 Å². The van der Waals surface area contributed by atoms with E-state index in [-0.39, 0.29) is 11.6 Å². The van der Waals surface area contributed by atoms with Crippen LogP contribution in [-0.4, -0.2) is 0 Å². The summed E-state index contributed by atoms with van der Waals surface area (Å²) in [6.07, 6.45) is 0. The molecule has 0 aliphatic rings. The Hall–Kier alpha value is -0.960. The van der Waals surface area contributed by atoms with Gasteiger partial charge < -0.3 is 4.74 Å². The summed E-state index contributed by atoms with van der Waals surface area (Å²) in [6.45, 7) is 0.236. The quantitative estimate of drug-likeness (QED) is 0.741. The number of hydrogen-bond donors (Lipinski definition) is 0. The number of rotatable bonds is 3. The molecule has 0 spiro atoms. The molecule has 1 nitrogen and oxygen atoms in total. The second-order valence-electron chi connectivity index (χ2n) is 3.61. The SMILES string of the molecule is Fc1ccc(COc2cc(Cl)ccc2Cl)cc1Cl. The Morgan fingerprint density at radius 3 is 2.44 bits per heavy atom. The van der Waals surface area contributed by atoms with Crippen molar-refractivity contribution in [1.82, 2.24) is 0 Å². The van der Waals surface area contributed by atoms with E-state index >= 15 is 0 Å². The van der Waals surface area contributed by atoms with Gasteiger partial charge in [-0.15, -0.1) is 0 Å². The van der Waals surface area contributed by atoms with Crippen molar-refractivity contribution < 1.29 is 9.13 Å². The van der Waals surface area contributed by atoms with E-state index < -0.39 is 5.82 Å². The van der Waals surface area contributed by atoms with Gasteiger partial charge in [0.1, 0.15) is 18.2 Å². The fourth-order valence-corrected chi connectivity index (χ4v) is 1.92. The molecule has 0 heterocycles. The first kappa shape index (κ1) is 13.5. The van der Waals surface area contributed by atoms with Crippen LogP contribution in [0.4, 0.5) is 4.39 Å². The van der Waals surface area contributed by atoms with Crippen LogP contribution < -0.4 is 4.74 Å². The summed E-state index contributed by atoms with van der Waals surface area (Å²) in [5, 5.41) is 1.06. The topological polar surface area (TPSA) is 9.23 Å². The second kappa shape index (κ2) is 5.79. The molecule has 2 aromatic rings. The molecule has 0 atom stereocenters. The van der Waals surface area contributed by atoms with E-state index in [1.807, 2.05) is 0 Å². The van der Waals surface area contributed by atoms with E-state index in [0.29, 0.717) is 15.8 Å². The van der Waals surface area contributed by atoms with E-state index in [2.05, 4.69) is 0 Å². The van der Waals surface area contributed by atoms with Crippen LogP contribution in [0, 0.1) is 5.82 Å². The zero-order valence-corrected chi connectivity index (χ0v) is 11.4. The van der Waals surface area contributed by atoms with E-state index in [9.17, 15) is 4.39 Å². The highest BCUT2D eigenvalue weighted by Crippen LogP contribution is 2.28. The molecule has 18 heavy (non-hydrogen) atoms. The fraction of sp³-hybridized carbons (Fsp3) is 0.0769. The van der Waals surface area contributed by atoms with Crippen molar-refractivity contribution in [2.75, 3.05) is 0 Å². The standard InChI is InChI=1S/C13H8Cl3FO/c14-9-2-3-10(15)13(6-9)18-7-8-1-4-12(17)11(16)5-8/h1-6H,7H2. The van der Waals surface area contributed by atoms with Crippen molar-refractivity contribution in [2.45, 2.75) is 6.61 Å². The average Bonchev–Trinajstić information content (AvgIpc) is 2.34. The van der Waals surface area contributed by atoms with Crippen molar-refractivity contribution in [2.24, 2.45) is 0 Å². The summed E-state index contributed by atoms with van der Waals surface area (Å²) in [5.74, 6) is 0.0193. The van der Waals surface area contributed by atoms with Gasteiger partial charge in [0.15, 0.2) is 0 Å². The molecule has 0 radical (unpaired) electrons. The van der Waals surface area contributed by atoms with Crippen molar-refractivity contribution in [3.63, 3.8) is 0 Å². The summed E-state index contributed by atoms with van der Waals surface area (Å²) in [4.78, 5) is 0. The number of benzene rings is 2. The lowest BCUT2D eigenvalue weighted by molar-refractivity contribution is 0.306. The summed E-state index contributed by atoms with van der Waals surface area (Å²) >= 11 is 17.5. The van der Waals surface area contributed by atoms with Gasteiger partial charge in [-0.05, 0) is 29.8 Å². The molecule has 0 amide bonds. The first-order chi connectivity index (χ1) is 8.56. The molecule has 0 saturated carbocycles. The summed E-state index contributed by atoms with van der Waals surface area (Å²) in [5.41, 5.74) is 0.748. The third-order valence-corrected chi connectivity index (χ3v) is 3.11. The van der Waals surface area contributed by atoms with Gasteiger partial charge in [-0.2, -0.15) is 0 Å². The lowest BCUT2D eigenvalue weighted by Crippen LogP contribution is -1.96. The van der Waals surface area contributed by atoms with Crippen LogP contribution in [0.3, 0.4) is 0 Å². The molecule has 0 bridgehead atoms. The Morgan fingerprint density at radius 2 is 1.72 bits per heavy atom. The predicted octanol–water partition coefficient (Wildman–Crippen LogP) is 5.36. The van der Waals surface area contributed by atoms with Gasteiger partial charge in [-0.25, -0.2) is 4.39 Å². The van der Waals surface area contributed by atoms with E-state index in [1.165, 1.54) is 12.1 Å². The normalized spacial score (nSPS) is 10.4. The third-order valence-electron chi connectivity index (χ3n) is 2.27. The third kappa shape index (κ3) is 3.29. The summed E-state index contributed by atoms with van der Waals surface area (Å²) < 4.78 is 18.5. The van der Waals surface area contributed by atoms with Crippen LogP contribution in [0.1, 0.15) is 5.56 Å². The molecule has 2 rings (SSSR count). The van der Waals surface area contributed by atoms with E-state index in [4.69, 9.17) is 39.5 Å². The van der Waals surface area contributed by atoms with Crippen LogP contribution in [0.15, 0.2) is 36.4 Å². The molecule has 0 N–H and O–H groups in total. The molecule has 5 heteroatoms. The van der Waals surface area contributed by atoms with Gasteiger partial charge in [0.2, 0.25) is 0 Å². The molecule has 2 aromatic carbocycles. The highest BCUT2D eigenvalue weighted by atomic mass is 35.5. The van der Waals surface area contributed by atoms with Crippen molar-refractivity contribution >= 4 is 34.8 Å². The minimum absolute atomic E-state index is 0.0632. The largest absolute Gasteiger partial charge is 0.487 e. The number of halogens is 4. The molecule has 0 aliphatic heterocycles. The van der Waals surface area contributed by atoms with Crippen molar-refractivity contribution in [3.05, 3.63) is 62.8 Å². The summed E-state index contributed by atoms with van der Waals surface area (Å²) in [6, 6.07) is 9.34. The first-order valence-corrected chi connectivity index (χ1v) is 6.21. The Morgan fingerprint density at radius 1 is 0.944 bits per heavy atom. The molecule has 0 aliphatic carbocycles. The Labute approximate surface area is 119 Å². The number of ether oxygens (including phenoxy) is 1. The Bertz CT molecular complexity index is 572. The van der Waals surface area contributed by atoms with Crippen LogP contribution in [-0.2, 0) is 6.61 Å². The van der Waals surface area contributed by atoms with Crippen LogP contribution in [0.5, 0.6) is 5.75 Å². The summed E-state index contributed by atoms with van der Waals surface area (Å²) in [7, 11) is 0. The van der Waals surface area contributed by atoms with Gasteiger partial charge in [-0.3, -0.25) is 0 Å². The zero-order valence-electron chi connectivity index (χ0n) is 9.09. The maximum Gasteiger partial charge on any atom is 0.141 e. The molecular weight excluding hydrogens is 297 g/mol. The first-order valence-electron chi connectivity index (χ1n) is 5.08. The van der Waals surface area contributed by atoms with Crippen LogP contribution in [0.2, 0.25) is 15.1 Å². The molecule has 0 fully saturated rings. The van der Waals surface area contributed by atoms with Gasteiger partial charge in [0, 0.05) is 11.1 Å². The highest BCUT2D eigenvalue weighted by Gasteiger charge is 2.05. The van der Waals surface area contributed by atoms with Gasteiger partial charge in [0.25, 0.3) is 0 Å². The molecule has 0 unspecified atom stereocenters. The van der Waals surface area contributed by atoms with Gasteiger partial charge >= 0.3 is 0 Å². The molecule has 0 saturated heterocycles. The van der Waals surface area contributed by atoms with Crippen molar-refractivity contribution in [1.29, 1.82) is 0 Å². The lowest BCUT2D eigenvalue weighted by Gasteiger charge is -2.08. The maximum absolute atomic E-state index is 13.0. The van der Waals surface area contributed by atoms with Crippen LogP contribution >= 0.6 is 34.8 Å². The number of hydrogen-bond acceptors (Lipinski definition) is 1. The molecule has 94 valence electrons.